The van der Waals surface area contributed by atoms with Gasteiger partial charge in [-0.3, -0.25) is 4.79 Å². The Kier molecular flexibility index (Phi) is 4.51. The molecule has 0 saturated heterocycles. The molecule has 0 bridgehead atoms. The quantitative estimate of drug-likeness (QED) is 0.437. The fraction of sp³-hybridized carbons (Fsp3) is 0.500. The molecular formula is C10H16O. The van der Waals surface area contributed by atoms with Gasteiger partial charge < -0.3 is 0 Å². The Hall–Kier alpha value is -0.850. The van der Waals surface area contributed by atoms with Crippen molar-refractivity contribution in [1.82, 2.24) is 0 Å². The third kappa shape index (κ3) is 5.59. The second-order valence-electron chi connectivity index (χ2n) is 3.01. The number of rotatable bonds is 5. The van der Waals surface area contributed by atoms with E-state index in [1.165, 1.54) is 0 Å². The summed E-state index contributed by atoms with van der Waals surface area (Å²) in [5, 5.41) is 0. The predicted molar refractivity (Wildman–Crippen MR) is 48.5 cm³/mol. The van der Waals surface area contributed by atoms with Crippen molar-refractivity contribution in [3.63, 3.8) is 0 Å². The fourth-order valence-corrected chi connectivity index (χ4v) is 0.764. The van der Waals surface area contributed by atoms with E-state index in [0.29, 0.717) is 12.0 Å². The highest BCUT2D eigenvalue weighted by atomic mass is 16.1. The van der Waals surface area contributed by atoms with Crippen LogP contribution in [0, 0.1) is 0 Å². The van der Waals surface area contributed by atoms with Crippen LogP contribution in [0.4, 0.5) is 0 Å². The van der Waals surface area contributed by atoms with E-state index in [4.69, 9.17) is 0 Å². The van der Waals surface area contributed by atoms with Gasteiger partial charge >= 0.3 is 0 Å². The Labute approximate surface area is 68.8 Å². The summed E-state index contributed by atoms with van der Waals surface area (Å²) in [5.41, 5.74) is 1.80. The summed E-state index contributed by atoms with van der Waals surface area (Å²) in [7, 11) is 0. The Morgan fingerprint density at radius 2 is 1.73 bits per heavy atom. The highest BCUT2D eigenvalue weighted by Crippen LogP contribution is 2.06. The van der Waals surface area contributed by atoms with Crippen molar-refractivity contribution in [1.29, 1.82) is 0 Å². The molecule has 0 rings (SSSR count). The molecule has 0 unspecified atom stereocenters. The lowest BCUT2D eigenvalue weighted by Crippen LogP contribution is -1.97. The Bertz CT molecular complexity index is 177. The number of hydrogen-bond donors (Lipinski definition) is 0. The molecule has 0 atom stereocenters. The van der Waals surface area contributed by atoms with E-state index in [9.17, 15) is 4.79 Å². The highest BCUT2D eigenvalue weighted by molar-refractivity contribution is 5.93. The van der Waals surface area contributed by atoms with Crippen molar-refractivity contribution >= 4 is 5.78 Å². The summed E-state index contributed by atoms with van der Waals surface area (Å²) < 4.78 is 0. The van der Waals surface area contributed by atoms with Crippen molar-refractivity contribution in [3.05, 3.63) is 24.3 Å². The topological polar surface area (TPSA) is 17.1 Å². The molecule has 1 heteroatoms. The summed E-state index contributed by atoms with van der Waals surface area (Å²) >= 11 is 0. The van der Waals surface area contributed by atoms with E-state index >= 15 is 0 Å². The summed E-state index contributed by atoms with van der Waals surface area (Å²) in [6, 6.07) is 0. The van der Waals surface area contributed by atoms with Crippen molar-refractivity contribution in [2.75, 3.05) is 0 Å². The molecule has 0 saturated carbocycles. The minimum absolute atomic E-state index is 0.172. The molecule has 0 N–H and O–H groups in total. The molecule has 1 nitrogen and oxygen atoms in total. The van der Waals surface area contributed by atoms with Crippen LogP contribution in [0.3, 0.4) is 0 Å². The smallest absolute Gasteiger partial charge is 0.157 e. The van der Waals surface area contributed by atoms with Crippen LogP contribution < -0.4 is 0 Å². The van der Waals surface area contributed by atoms with Crippen molar-refractivity contribution in [2.24, 2.45) is 0 Å². The second kappa shape index (κ2) is 4.89. The monoisotopic (exact) mass is 152 g/mol. The Morgan fingerprint density at radius 1 is 1.18 bits per heavy atom. The number of hydrogen-bond acceptors (Lipinski definition) is 1. The molecule has 0 aromatic carbocycles. The van der Waals surface area contributed by atoms with E-state index < -0.39 is 0 Å². The molecule has 0 aliphatic carbocycles. The molecule has 0 amide bonds. The molecule has 0 heterocycles. The first kappa shape index (κ1) is 10.2. The third-order valence-electron chi connectivity index (χ3n) is 1.48. The van der Waals surface area contributed by atoms with Gasteiger partial charge in [-0.2, -0.15) is 0 Å². The van der Waals surface area contributed by atoms with E-state index in [2.05, 4.69) is 13.2 Å². The molecular weight excluding hydrogens is 136 g/mol. The van der Waals surface area contributed by atoms with Gasteiger partial charge in [0.15, 0.2) is 5.78 Å². The van der Waals surface area contributed by atoms with E-state index in [0.717, 1.165) is 18.4 Å². The van der Waals surface area contributed by atoms with Crippen LogP contribution in [0.5, 0.6) is 0 Å². The van der Waals surface area contributed by atoms with Gasteiger partial charge in [0.2, 0.25) is 0 Å². The SMILES string of the molecule is C=C(C)CCCC(=O)C(=C)C. The first-order valence-electron chi connectivity index (χ1n) is 3.87. The molecule has 0 radical (unpaired) electrons. The number of allylic oxidation sites excluding steroid dienone is 2. The largest absolute Gasteiger partial charge is 0.295 e. The van der Waals surface area contributed by atoms with E-state index in [-0.39, 0.29) is 5.78 Å². The van der Waals surface area contributed by atoms with Crippen LogP contribution >= 0.6 is 0 Å². The van der Waals surface area contributed by atoms with Crippen LogP contribution in [-0.4, -0.2) is 5.78 Å². The number of carbonyl (C=O) groups excluding carboxylic acids is 1. The molecule has 62 valence electrons. The van der Waals surface area contributed by atoms with Gasteiger partial charge in [0.1, 0.15) is 0 Å². The summed E-state index contributed by atoms with van der Waals surface area (Å²) in [6.07, 6.45) is 2.46. The van der Waals surface area contributed by atoms with E-state index in [1.807, 2.05) is 6.92 Å². The van der Waals surface area contributed by atoms with Crippen LogP contribution in [0.1, 0.15) is 33.1 Å². The van der Waals surface area contributed by atoms with Crippen molar-refractivity contribution in [3.8, 4) is 0 Å². The Morgan fingerprint density at radius 3 is 2.09 bits per heavy atom. The van der Waals surface area contributed by atoms with Crippen LogP contribution in [0.15, 0.2) is 24.3 Å². The zero-order chi connectivity index (χ0) is 8.85. The van der Waals surface area contributed by atoms with Gasteiger partial charge in [0, 0.05) is 6.42 Å². The van der Waals surface area contributed by atoms with Crippen LogP contribution in [0.2, 0.25) is 0 Å². The average Bonchev–Trinajstić information content (AvgIpc) is 1.86. The highest BCUT2D eigenvalue weighted by Gasteiger charge is 2.00. The van der Waals surface area contributed by atoms with E-state index in [1.54, 1.807) is 6.92 Å². The summed E-state index contributed by atoms with van der Waals surface area (Å²) in [4.78, 5) is 11.0. The average molecular weight is 152 g/mol. The normalized spacial score (nSPS) is 9.27. The van der Waals surface area contributed by atoms with Crippen LogP contribution in [-0.2, 0) is 4.79 Å². The lowest BCUT2D eigenvalue weighted by atomic mass is 10.1. The van der Waals surface area contributed by atoms with Gasteiger partial charge in [-0.05, 0) is 32.3 Å². The van der Waals surface area contributed by atoms with Crippen molar-refractivity contribution < 1.29 is 4.79 Å². The molecule has 0 fully saturated rings. The van der Waals surface area contributed by atoms with Gasteiger partial charge in [0.25, 0.3) is 0 Å². The third-order valence-corrected chi connectivity index (χ3v) is 1.48. The number of ketones is 1. The maximum atomic E-state index is 11.0. The minimum Gasteiger partial charge on any atom is -0.295 e. The minimum atomic E-state index is 0.172. The molecule has 0 aliphatic rings. The van der Waals surface area contributed by atoms with Crippen LogP contribution in [0.25, 0.3) is 0 Å². The van der Waals surface area contributed by atoms with Gasteiger partial charge in [0.05, 0.1) is 0 Å². The standard InChI is InChI=1S/C10H16O/c1-8(2)6-5-7-10(11)9(3)4/h1,3,5-7H2,2,4H3. The summed E-state index contributed by atoms with van der Waals surface area (Å²) in [6.45, 7) is 11.1. The first-order chi connectivity index (χ1) is 5.04. The number of Topliss-reactive ketones (excluding diaryl/α,β-unsaturated/α-hetero) is 1. The zero-order valence-corrected chi connectivity index (χ0v) is 7.44. The first-order valence-corrected chi connectivity index (χ1v) is 3.87. The lowest BCUT2D eigenvalue weighted by Gasteiger charge is -1.98. The molecule has 0 aromatic rings. The maximum absolute atomic E-state index is 11.0. The Balaban J connectivity index is 3.47. The molecule has 11 heavy (non-hydrogen) atoms. The molecule has 0 aliphatic heterocycles. The molecule has 0 spiro atoms. The van der Waals surface area contributed by atoms with Gasteiger partial charge in [-0.15, -0.1) is 6.58 Å². The summed E-state index contributed by atoms with van der Waals surface area (Å²) in [5.74, 6) is 0.172. The maximum Gasteiger partial charge on any atom is 0.157 e. The lowest BCUT2D eigenvalue weighted by molar-refractivity contribution is -0.115. The molecule has 0 aromatic heterocycles. The second-order valence-corrected chi connectivity index (χ2v) is 3.01. The zero-order valence-electron chi connectivity index (χ0n) is 7.44. The predicted octanol–water partition coefficient (Wildman–Crippen LogP) is 2.88. The number of carbonyl (C=O) groups is 1. The van der Waals surface area contributed by atoms with Gasteiger partial charge in [-0.1, -0.05) is 12.2 Å². The fourth-order valence-electron chi connectivity index (χ4n) is 0.764. The van der Waals surface area contributed by atoms with Gasteiger partial charge in [-0.25, -0.2) is 0 Å². The van der Waals surface area contributed by atoms with Crippen molar-refractivity contribution in [2.45, 2.75) is 33.1 Å².